The molecule has 0 spiro atoms. The van der Waals surface area contributed by atoms with Crippen LogP contribution in [0.25, 0.3) is 5.69 Å². The van der Waals surface area contributed by atoms with E-state index in [1.807, 2.05) is 19.9 Å². The van der Waals surface area contributed by atoms with E-state index in [0.717, 1.165) is 0 Å². The van der Waals surface area contributed by atoms with Gasteiger partial charge in [-0.05, 0) is 67.4 Å². The van der Waals surface area contributed by atoms with Crippen molar-refractivity contribution < 1.29 is 22.3 Å². The lowest BCUT2D eigenvalue weighted by Gasteiger charge is -2.37. The summed E-state index contributed by atoms with van der Waals surface area (Å²) >= 11 is 0. The van der Waals surface area contributed by atoms with Gasteiger partial charge < -0.3 is 13.9 Å². The zero-order valence-electron chi connectivity index (χ0n) is 20.6. The highest BCUT2D eigenvalue weighted by Gasteiger charge is 2.44. The zero-order chi connectivity index (χ0) is 24.5. The van der Waals surface area contributed by atoms with Crippen LogP contribution in [0.4, 0.5) is 0 Å². The van der Waals surface area contributed by atoms with Gasteiger partial charge in [-0.25, -0.2) is 8.42 Å². The van der Waals surface area contributed by atoms with Gasteiger partial charge in [-0.3, -0.25) is 0 Å². The summed E-state index contributed by atoms with van der Waals surface area (Å²) in [7, 11) is -5.62. The summed E-state index contributed by atoms with van der Waals surface area (Å²) in [6.07, 6.45) is 0.433. The zero-order valence-corrected chi connectivity index (χ0v) is 22.4. The SMILES string of the molecule is CC1(C)O[C@@H](CCCS(=O)(=O)c2nnnn2-c2ccccc2)[C@H](CO[Si](C)(C)C(C)(C)C)O1. The third-order valence-electron chi connectivity index (χ3n) is 6.32. The second-order valence-electron chi connectivity index (χ2n) is 10.5. The minimum Gasteiger partial charge on any atom is -0.414 e. The van der Waals surface area contributed by atoms with Gasteiger partial charge in [0.15, 0.2) is 14.1 Å². The smallest absolute Gasteiger partial charge is 0.272 e. The molecule has 0 radical (unpaired) electrons. The molecule has 9 nitrogen and oxygen atoms in total. The number of hydrogen-bond acceptors (Lipinski definition) is 8. The third kappa shape index (κ3) is 6.27. The Labute approximate surface area is 197 Å². The molecule has 1 fully saturated rings. The molecule has 1 saturated heterocycles. The van der Waals surface area contributed by atoms with Crippen LogP contribution in [0.3, 0.4) is 0 Å². The first kappa shape index (κ1) is 26.0. The Balaban J connectivity index is 1.63. The van der Waals surface area contributed by atoms with E-state index in [2.05, 4.69) is 49.4 Å². The maximum Gasteiger partial charge on any atom is 0.272 e. The van der Waals surface area contributed by atoms with Gasteiger partial charge in [0.05, 0.1) is 24.2 Å². The number of nitrogens with zero attached hydrogens (tertiary/aromatic N) is 4. The first-order valence-corrected chi connectivity index (χ1v) is 15.8. The molecule has 184 valence electrons. The van der Waals surface area contributed by atoms with Crippen molar-refractivity contribution in [2.75, 3.05) is 12.4 Å². The summed E-state index contributed by atoms with van der Waals surface area (Å²) in [6.45, 7) is 15.2. The number of ether oxygens (including phenoxy) is 2. The largest absolute Gasteiger partial charge is 0.414 e. The van der Waals surface area contributed by atoms with Crippen LogP contribution in [0.15, 0.2) is 35.5 Å². The normalized spacial score (nSPS) is 21.4. The summed E-state index contributed by atoms with van der Waals surface area (Å²) in [6, 6.07) is 8.97. The molecule has 2 heterocycles. The molecule has 0 N–H and O–H groups in total. The van der Waals surface area contributed by atoms with Gasteiger partial charge >= 0.3 is 0 Å². The number of hydrogen-bond donors (Lipinski definition) is 0. The van der Waals surface area contributed by atoms with E-state index in [1.54, 1.807) is 24.3 Å². The average Bonchev–Trinajstić information content (AvgIpc) is 3.31. The molecule has 0 saturated carbocycles. The van der Waals surface area contributed by atoms with E-state index >= 15 is 0 Å². The van der Waals surface area contributed by atoms with Crippen molar-refractivity contribution in [1.29, 1.82) is 0 Å². The molecule has 3 rings (SSSR count). The number of aromatic nitrogens is 4. The van der Waals surface area contributed by atoms with Crippen LogP contribution < -0.4 is 0 Å². The Hall–Kier alpha value is -1.66. The van der Waals surface area contributed by atoms with Crippen LogP contribution in [0, 0.1) is 0 Å². The van der Waals surface area contributed by atoms with Crippen molar-refractivity contribution in [3.8, 4) is 5.69 Å². The van der Waals surface area contributed by atoms with Gasteiger partial charge in [-0.15, -0.1) is 0 Å². The lowest BCUT2D eigenvalue weighted by molar-refractivity contribution is -0.149. The van der Waals surface area contributed by atoms with Crippen LogP contribution in [-0.4, -0.2) is 67.3 Å². The molecule has 0 unspecified atom stereocenters. The van der Waals surface area contributed by atoms with Crippen molar-refractivity contribution in [3.05, 3.63) is 30.3 Å². The standard InChI is InChI=1S/C22H36N4O5SSi/c1-21(2,3)33(6,7)29-16-19-18(30-22(4,5)31-19)14-11-15-32(27,28)20-23-24-25-26(20)17-12-9-8-10-13-17/h8-10,12-13,18-19H,11,14-16H2,1-7H3/t18-,19-/m0/s1. The molecule has 1 aliphatic heterocycles. The van der Waals surface area contributed by atoms with Gasteiger partial charge in [0.2, 0.25) is 9.84 Å². The molecule has 11 heteroatoms. The van der Waals surface area contributed by atoms with E-state index in [4.69, 9.17) is 13.9 Å². The summed E-state index contributed by atoms with van der Waals surface area (Å²) in [4.78, 5) is 0. The summed E-state index contributed by atoms with van der Waals surface area (Å²) < 4.78 is 45.8. The fourth-order valence-electron chi connectivity index (χ4n) is 3.47. The Morgan fingerprint density at radius 1 is 1.12 bits per heavy atom. The topological polar surface area (TPSA) is 105 Å². The van der Waals surface area contributed by atoms with Gasteiger partial charge in [0, 0.05) is 0 Å². The van der Waals surface area contributed by atoms with E-state index in [1.165, 1.54) is 4.68 Å². The van der Waals surface area contributed by atoms with Gasteiger partial charge in [-0.2, -0.15) is 4.68 Å². The van der Waals surface area contributed by atoms with Gasteiger partial charge in [0.1, 0.15) is 6.10 Å². The predicted octanol–water partition coefficient (Wildman–Crippen LogP) is 3.76. The molecule has 2 aromatic rings. The number of para-hydroxylation sites is 1. The van der Waals surface area contributed by atoms with Crippen LogP contribution in [0.1, 0.15) is 47.5 Å². The average molecular weight is 497 g/mol. The first-order chi connectivity index (χ1) is 15.2. The molecule has 1 aromatic carbocycles. The summed E-state index contributed by atoms with van der Waals surface area (Å²) in [5, 5.41) is 11.1. The van der Waals surface area contributed by atoms with Crippen LogP contribution in [-0.2, 0) is 23.7 Å². The van der Waals surface area contributed by atoms with Crippen LogP contribution in [0.5, 0.6) is 0 Å². The van der Waals surface area contributed by atoms with E-state index in [0.29, 0.717) is 25.1 Å². The Kier molecular flexibility index (Phi) is 7.50. The Morgan fingerprint density at radius 3 is 2.39 bits per heavy atom. The lowest BCUT2D eigenvalue weighted by Crippen LogP contribution is -2.44. The van der Waals surface area contributed by atoms with Crippen molar-refractivity contribution in [2.24, 2.45) is 0 Å². The van der Waals surface area contributed by atoms with Crippen molar-refractivity contribution in [1.82, 2.24) is 20.2 Å². The van der Waals surface area contributed by atoms with Gasteiger partial charge in [-0.1, -0.05) is 44.1 Å². The lowest BCUT2D eigenvalue weighted by atomic mass is 10.1. The van der Waals surface area contributed by atoms with E-state index < -0.39 is 23.9 Å². The molecule has 33 heavy (non-hydrogen) atoms. The van der Waals surface area contributed by atoms with Crippen molar-refractivity contribution in [2.45, 2.75) is 88.7 Å². The van der Waals surface area contributed by atoms with Crippen molar-refractivity contribution >= 4 is 18.2 Å². The number of tetrazole rings is 1. The number of sulfone groups is 1. The highest BCUT2D eigenvalue weighted by Crippen LogP contribution is 2.38. The maximum atomic E-state index is 13.0. The maximum absolute atomic E-state index is 13.0. The molecule has 0 bridgehead atoms. The molecule has 0 aliphatic carbocycles. The highest BCUT2D eigenvalue weighted by molar-refractivity contribution is 7.91. The minimum absolute atomic E-state index is 0.0870. The number of rotatable bonds is 9. The molecule has 0 amide bonds. The number of benzene rings is 1. The highest BCUT2D eigenvalue weighted by atomic mass is 32.2. The molecule has 1 aromatic heterocycles. The quantitative estimate of drug-likeness (QED) is 0.483. The fourth-order valence-corrected chi connectivity index (χ4v) is 5.78. The van der Waals surface area contributed by atoms with E-state index in [-0.39, 0.29) is 28.2 Å². The minimum atomic E-state index is -3.68. The summed E-state index contributed by atoms with van der Waals surface area (Å²) in [5.74, 6) is -0.821. The second-order valence-corrected chi connectivity index (χ2v) is 17.3. The second kappa shape index (κ2) is 9.53. The first-order valence-electron chi connectivity index (χ1n) is 11.3. The molecule has 1 aliphatic rings. The van der Waals surface area contributed by atoms with Crippen LogP contribution >= 0.6 is 0 Å². The van der Waals surface area contributed by atoms with Gasteiger partial charge in [0.25, 0.3) is 5.16 Å². The summed E-state index contributed by atoms with van der Waals surface area (Å²) in [5.41, 5.74) is 0.596. The fraction of sp³-hybridized carbons (Fsp3) is 0.682. The molecule has 2 atom stereocenters. The Morgan fingerprint density at radius 2 is 1.76 bits per heavy atom. The van der Waals surface area contributed by atoms with Crippen LogP contribution in [0.2, 0.25) is 18.1 Å². The molecular formula is C22H36N4O5SSi. The third-order valence-corrected chi connectivity index (χ3v) is 12.5. The monoisotopic (exact) mass is 496 g/mol. The Bertz CT molecular complexity index is 1030. The van der Waals surface area contributed by atoms with Crippen molar-refractivity contribution in [3.63, 3.8) is 0 Å². The molecular weight excluding hydrogens is 460 g/mol. The predicted molar refractivity (Wildman–Crippen MR) is 127 cm³/mol. The van der Waals surface area contributed by atoms with E-state index in [9.17, 15) is 8.42 Å².